The molecule has 1 fully saturated rings. The minimum atomic E-state index is -0.890. The third-order valence-electron chi connectivity index (χ3n) is 5.48. The SMILES string of the molecule is CC(C)(O)CNc1cc(Oc2ccccc2)nn2c(-c3ccc(C(=S)NC4CC4)cc3)cnc12. The number of fused-ring (bicyclic) bond motifs is 1. The van der Waals surface area contributed by atoms with Gasteiger partial charge in [0.15, 0.2) is 5.65 Å². The molecule has 1 aliphatic rings. The zero-order valence-electron chi connectivity index (χ0n) is 19.2. The Morgan fingerprint density at radius 3 is 2.56 bits per heavy atom. The van der Waals surface area contributed by atoms with E-state index in [4.69, 9.17) is 22.1 Å². The molecule has 0 saturated heterocycles. The summed E-state index contributed by atoms with van der Waals surface area (Å²) in [5.74, 6) is 1.10. The van der Waals surface area contributed by atoms with Crippen molar-refractivity contribution in [3.8, 4) is 22.9 Å². The van der Waals surface area contributed by atoms with Crippen molar-refractivity contribution in [2.24, 2.45) is 0 Å². The number of para-hydroxylation sites is 1. The van der Waals surface area contributed by atoms with Gasteiger partial charge in [-0.05, 0) is 38.8 Å². The molecule has 0 unspecified atom stereocenters. The maximum Gasteiger partial charge on any atom is 0.239 e. The molecule has 8 heteroatoms. The van der Waals surface area contributed by atoms with E-state index in [9.17, 15) is 5.11 Å². The fourth-order valence-corrected chi connectivity index (χ4v) is 3.84. The predicted octanol–water partition coefficient (Wildman–Crippen LogP) is 4.80. The third kappa shape index (κ3) is 5.18. The van der Waals surface area contributed by atoms with Gasteiger partial charge in [0.05, 0.1) is 23.2 Å². The number of anilines is 1. The molecule has 2 heterocycles. The van der Waals surface area contributed by atoms with Gasteiger partial charge in [-0.15, -0.1) is 5.10 Å². The molecule has 0 radical (unpaired) electrons. The quantitative estimate of drug-likeness (QED) is 0.317. The molecule has 34 heavy (non-hydrogen) atoms. The zero-order chi connectivity index (χ0) is 23.7. The van der Waals surface area contributed by atoms with E-state index in [1.165, 1.54) is 12.8 Å². The summed E-state index contributed by atoms with van der Waals surface area (Å²) in [6.45, 7) is 3.85. The van der Waals surface area contributed by atoms with Crippen molar-refractivity contribution < 1.29 is 9.84 Å². The summed E-state index contributed by atoms with van der Waals surface area (Å²) in [6, 6.07) is 19.9. The second-order valence-electron chi connectivity index (χ2n) is 9.18. The van der Waals surface area contributed by atoms with Crippen LogP contribution in [0.15, 0.2) is 66.9 Å². The van der Waals surface area contributed by atoms with E-state index in [1.54, 1.807) is 30.6 Å². The van der Waals surface area contributed by atoms with Crippen molar-refractivity contribution in [3.63, 3.8) is 0 Å². The Bertz CT molecular complexity index is 1310. The van der Waals surface area contributed by atoms with E-state index < -0.39 is 5.60 Å². The molecule has 0 atom stereocenters. The fourth-order valence-electron chi connectivity index (χ4n) is 3.53. The molecule has 2 aromatic heterocycles. The number of rotatable bonds is 8. The lowest BCUT2D eigenvalue weighted by atomic mass is 10.1. The Balaban J connectivity index is 1.50. The van der Waals surface area contributed by atoms with E-state index >= 15 is 0 Å². The zero-order valence-corrected chi connectivity index (χ0v) is 20.0. The van der Waals surface area contributed by atoms with Crippen molar-refractivity contribution in [2.45, 2.75) is 38.3 Å². The van der Waals surface area contributed by atoms with Crippen LogP contribution in [0.4, 0.5) is 5.69 Å². The molecule has 5 rings (SSSR count). The minimum Gasteiger partial charge on any atom is -0.438 e. The second kappa shape index (κ2) is 9.04. The molecule has 4 aromatic rings. The first-order valence-electron chi connectivity index (χ1n) is 11.3. The summed E-state index contributed by atoms with van der Waals surface area (Å²) >= 11 is 5.53. The third-order valence-corrected chi connectivity index (χ3v) is 5.83. The van der Waals surface area contributed by atoms with Gasteiger partial charge in [0, 0.05) is 29.8 Å². The first-order valence-corrected chi connectivity index (χ1v) is 11.8. The molecule has 174 valence electrons. The molecule has 0 amide bonds. The lowest BCUT2D eigenvalue weighted by Crippen LogP contribution is -2.29. The Hall–Kier alpha value is -3.49. The number of thiocarbonyl (C=S) groups is 1. The predicted molar refractivity (Wildman–Crippen MR) is 138 cm³/mol. The number of aromatic nitrogens is 3. The smallest absolute Gasteiger partial charge is 0.239 e. The Morgan fingerprint density at radius 2 is 1.88 bits per heavy atom. The molecular formula is C26H27N5O2S. The summed E-state index contributed by atoms with van der Waals surface area (Å²) < 4.78 is 7.79. The van der Waals surface area contributed by atoms with E-state index in [0.717, 1.165) is 27.5 Å². The highest BCUT2D eigenvalue weighted by molar-refractivity contribution is 7.80. The summed E-state index contributed by atoms with van der Waals surface area (Å²) in [5.41, 5.74) is 3.26. The van der Waals surface area contributed by atoms with Gasteiger partial charge in [0.25, 0.3) is 0 Å². The highest BCUT2D eigenvalue weighted by Gasteiger charge is 2.22. The van der Waals surface area contributed by atoms with Crippen LogP contribution in [0.25, 0.3) is 16.9 Å². The standard InChI is InChI=1S/C26H27N5O2S/c1-26(2,32)16-28-21-14-23(33-20-6-4-3-5-7-20)30-31-22(15-27-24(21)31)17-8-10-18(11-9-17)25(34)29-19-12-13-19/h3-11,14-15,19,28,32H,12-13,16H2,1-2H3,(H,29,34). The van der Waals surface area contributed by atoms with Crippen LogP contribution < -0.4 is 15.4 Å². The molecule has 2 aromatic carbocycles. The summed E-state index contributed by atoms with van der Waals surface area (Å²) in [4.78, 5) is 5.39. The van der Waals surface area contributed by atoms with E-state index in [0.29, 0.717) is 29.9 Å². The Kier molecular flexibility index (Phi) is 5.93. The Morgan fingerprint density at radius 1 is 1.15 bits per heavy atom. The van der Waals surface area contributed by atoms with E-state index in [-0.39, 0.29) is 0 Å². The highest BCUT2D eigenvalue weighted by atomic mass is 32.1. The lowest BCUT2D eigenvalue weighted by molar-refractivity contribution is 0.0945. The maximum atomic E-state index is 10.2. The molecule has 0 aliphatic heterocycles. The largest absolute Gasteiger partial charge is 0.438 e. The molecular weight excluding hydrogens is 446 g/mol. The first kappa shape index (κ1) is 22.3. The number of benzene rings is 2. The molecule has 0 bridgehead atoms. The van der Waals surface area contributed by atoms with Gasteiger partial charge in [-0.25, -0.2) is 9.50 Å². The van der Waals surface area contributed by atoms with Crippen LogP contribution in [0.5, 0.6) is 11.6 Å². The van der Waals surface area contributed by atoms with Gasteiger partial charge >= 0.3 is 0 Å². The number of aliphatic hydroxyl groups is 1. The fraction of sp³-hybridized carbons (Fsp3) is 0.269. The molecule has 7 nitrogen and oxygen atoms in total. The number of nitrogens with zero attached hydrogens (tertiary/aromatic N) is 3. The van der Waals surface area contributed by atoms with Gasteiger partial charge in [-0.3, -0.25) is 0 Å². The lowest BCUT2D eigenvalue weighted by Gasteiger charge is -2.19. The van der Waals surface area contributed by atoms with Crippen LogP contribution in [0.3, 0.4) is 0 Å². The number of hydrogen-bond donors (Lipinski definition) is 3. The van der Waals surface area contributed by atoms with Crippen molar-refractivity contribution in [2.75, 3.05) is 11.9 Å². The summed E-state index contributed by atoms with van der Waals surface area (Å²) in [7, 11) is 0. The number of hydrogen-bond acceptors (Lipinski definition) is 6. The molecule has 3 N–H and O–H groups in total. The topological polar surface area (TPSA) is 83.7 Å². The maximum absolute atomic E-state index is 10.2. The summed E-state index contributed by atoms with van der Waals surface area (Å²) in [6.07, 6.45) is 4.16. The van der Waals surface area contributed by atoms with Crippen molar-refractivity contribution in [3.05, 3.63) is 72.4 Å². The van der Waals surface area contributed by atoms with Gasteiger partial charge in [0.2, 0.25) is 5.88 Å². The summed E-state index contributed by atoms with van der Waals surface area (Å²) in [5, 5.41) is 21.6. The molecule has 0 spiro atoms. The number of imidazole rings is 1. The van der Waals surface area contributed by atoms with Gasteiger partial charge in [0.1, 0.15) is 10.7 Å². The monoisotopic (exact) mass is 473 g/mol. The first-order chi connectivity index (χ1) is 16.4. The van der Waals surface area contributed by atoms with E-state index in [1.807, 2.05) is 54.6 Å². The van der Waals surface area contributed by atoms with Crippen molar-refractivity contribution in [1.82, 2.24) is 19.9 Å². The van der Waals surface area contributed by atoms with Gasteiger partial charge < -0.3 is 20.5 Å². The molecule has 1 aliphatic carbocycles. The van der Waals surface area contributed by atoms with Crippen LogP contribution in [-0.2, 0) is 0 Å². The highest BCUT2D eigenvalue weighted by Crippen LogP contribution is 2.29. The van der Waals surface area contributed by atoms with Gasteiger partial charge in [-0.2, -0.15) is 0 Å². The number of nitrogens with one attached hydrogen (secondary N) is 2. The average Bonchev–Trinajstić information content (AvgIpc) is 3.53. The van der Waals surface area contributed by atoms with E-state index in [2.05, 4.69) is 15.6 Å². The normalized spacial score (nSPS) is 13.6. The van der Waals surface area contributed by atoms with Crippen LogP contribution >= 0.6 is 12.2 Å². The number of ether oxygens (including phenoxy) is 1. The second-order valence-corrected chi connectivity index (χ2v) is 9.59. The Labute approximate surface area is 203 Å². The van der Waals surface area contributed by atoms with Gasteiger partial charge in [-0.1, -0.05) is 54.7 Å². The van der Waals surface area contributed by atoms with Crippen LogP contribution in [0.2, 0.25) is 0 Å². The molecule has 1 saturated carbocycles. The average molecular weight is 474 g/mol. The van der Waals surface area contributed by atoms with Crippen molar-refractivity contribution in [1.29, 1.82) is 0 Å². The van der Waals surface area contributed by atoms with Crippen LogP contribution in [0, 0.1) is 0 Å². The minimum absolute atomic E-state index is 0.347. The van der Waals surface area contributed by atoms with Crippen molar-refractivity contribution >= 4 is 28.5 Å². The van der Waals surface area contributed by atoms with Crippen LogP contribution in [0.1, 0.15) is 32.3 Å². The van der Waals surface area contributed by atoms with Crippen LogP contribution in [-0.4, -0.2) is 42.9 Å².